The van der Waals surface area contributed by atoms with E-state index < -0.39 is 0 Å². The summed E-state index contributed by atoms with van der Waals surface area (Å²) in [5.41, 5.74) is 2.29. The minimum absolute atomic E-state index is 1.14. The molecule has 56 valence electrons. The maximum absolute atomic E-state index is 4.00. The first kappa shape index (κ1) is 8.15. The van der Waals surface area contributed by atoms with Crippen LogP contribution in [0.4, 0.5) is 0 Å². The van der Waals surface area contributed by atoms with Gasteiger partial charge >= 0.3 is 0 Å². The van der Waals surface area contributed by atoms with Gasteiger partial charge in [0.25, 0.3) is 0 Å². The van der Waals surface area contributed by atoms with Crippen LogP contribution in [0.5, 0.6) is 0 Å². The number of hydrogen-bond donors (Lipinski definition) is 1. The predicted molar refractivity (Wildman–Crippen MR) is 54.6 cm³/mol. The third-order valence-electron chi connectivity index (χ3n) is 1.47. The molecule has 1 heteroatoms. The molecule has 1 rings (SSSR count). The van der Waals surface area contributed by atoms with Crippen molar-refractivity contribution in [3.63, 3.8) is 0 Å². The molecule has 0 fully saturated rings. The van der Waals surface area contributed by atoms with Gasteiger partial charge in [0.05, 0.1) is 0 Å². The smallest absolute Gasteiger partial charge is 0.0179 e. The summed E-state index contributed by atoms with van der Waals surface area (Å²) < 4.78 is 0. The molecule has 0 unspecified atom stereocenters. The van der Waals surface area contributed by atoms with Crippen LogP contribution in [0.1, 0.15) is 11.1 Å². The number of hydrogen-bond acceptors (Lipinski definition) is 1. The van der Waals surface area contributed by atoms with Crippen molar-refractivity contribution in [1.82, 2.24) is 0 Å². The summed E-state index contributed by atoms with van der Waals surface area (Å²) in [6, 6.07) is 8.04. The van der Waals surface area contributed by atoms with Gasteiger partial charge in [-0.1, -0.05) is 36.9 Å². The molecule has 0 radical (unpaired) electrons. The van der Waals surface area contributed by atoms with Gasteiger partial charge in [-0.2, -0.15) is 12.6 Å². The van der Waals surface area contributed by atoms with Crippen molar-refractivity contribution in [2.24, 2.45) is 0 Å². The summed E-state index contributed by atoms with van der Waals surface area (Å²) in [6.45, 7) is 3.72. The van der Waals surface area contributed by atoms with Crippen molar-refractivity contribution in [2.45, 2.75) is 0 Å². The van der Waals surface area contributed by atoms with E-state index in [0.717, 1.165) is 11.1 Å². The zero-order valence-corrected chi connectivity index (χ0v) is 7.09. The number of thiol groups is 1. The normalized spacial score (nSPS) is 10.3. The van der Waals surface area contributed by atoms with Gasteiger partial charge in [-0.25, -0.2) is 0 Å². The molecule has 0 N–H and O–H groups in total. The summed E-state index contributed by atoms with van der Waals surface area (Å²) in [6.07, 6.45) is 3.78. The van der Waals surface area contributed by atoms with E-state index in [0.29, 0.717) is 0 Å². The Morgan fingerprint density at radius 2 is 1.82 bits per heavy atom. The van der Waals surface area contributed by atoms with Crippen molar-refractivity contribution >= 4 is 24.8 Å². The van der Waals surface area contributed by atoms with Crippen LogP contribution in [0.25, 0.3) is 12.2 Å². The highest BCUT2D eigenvalue weighted by Crippen LogP contribution is 2.11. The Kier molecular flexibility index (Phi) is 2.99. The Morgan fingerprint density at radius 1 is 1.18 bits per heavy atom. The van der Waals surface area contributed by atoms with E-state index in [9.17, 15) is 0 Å². The van der Waals surface area contributed by atoms with Gasteiger partial charge in [0, 0.05) is 0 Å². The van der Waals surface area contributed by atoms with Crippen LogP contribution in [0.2, 0.25) is 0 Å². The van der Waals surface area contributed by atoms with Gasteiger partial charge < -0.3 is 0 Å². The molecule has 0 heterocycles. The molecular weight excluding hydrogens is 152 g/mol. The van der Waals surface area contributed by atoms with Crippen molar-refractivity contribution in [2.75, 3.05) is 0 Å². The van der Waals surface area contributed by atoms with E-state index in [-0.39, 0.29) is 0 Å². The second-order valence-corrected chi connectivity index (χ2v) is 2.45. The van der Waals surface area contributed by atoms with Crippen LogP contribution in [0.15, 0.2) is 36.3 Å². The average Bonchev–Trinajstić information content (AvgIpc) is 2.06. The van der Waals surface area contributed by atoms with E-state index in [4.69, 9.17) is 0 Å². The molecule has 0 bridgehead atoms. The van der Waals surface area contributed by atoms with Crippen LogP contribution < -0.4 is 0 Å². The quantitative estimate of drug-likeness (QED) is 0.634. The van der Waals surface area contributed by atoms with E-state index >= 15 is 0 Å². The highest BCUT2D eigenvalue weighted by molar-refractivity contribution is 7.83. The molecule has 0 saturated heterocycles. The van der Waals surface area contributed by atoms with Crippen molar-refractivity contribution in [1.29, 1.82) is 0 Å². The minimum atomic E-state index is 1.14. The summed E-state index contributed by atoms with van der Waals surface area (Å²) in [5, 5.41) is 1.72. The lowest BCUT2D eigenvalue weighted by Crippen LogP contribution is -1.76. The lowest BCUT2D eigenvalue weighted by Gasteiger charge is -1.97. The molecule has 1 aromatic rings. The Balaban J connectivity index is 3.11. The molecule has 11 heavy (non-hydrogen) atoms. The Hall–Kier alpha value is -0.950. The fraction of sp³-hybridized carbons (Fsp3) is 0. The molecule has 0 aromatic heterocycles. The average molecular weight is 162 g/mol. The fourth-order valence-corrected chi connectivity index (χ4v) is 1.09. The van der Waals surface area contributed by atoms with Crippen molar-refractivity contribution in [3.05, 3.63) is 47.4 Å². The highest BCUT2D eigenvalue weighted by atomic mass is 32.1. The summed E-state index contributed by atoms with van der Waals surface area (Å²) in [4.78, 5) is 0. The Labute approximate surface area is 72.7 Å². The third kappa shape index (κ3) is 1.99. The lowest BCUT2D eigenvalue weighted by atomic mass is 10.1. The van der Waals surface area contributed by atoms with E-state index in [2.05, 4.69) is 19.2 Å². The van der Waals surface area contributed by atoms with Gasteiger partial charge in [0.1, 0.15) is 0 Å². The van der Waals surface area contributed by atoms with Gasteiger partial charge in [0.2, 0.25) is 0 Å². The van der Waals surface area contributed by atoms with E-state index in [1.807, 2.05) is 36.4 Å². The second-order valence-electron chi connectivity index (χ2n) is 2.15. The molecule has 0 amide bonds. The van der Waals surface area contributed by atoms with Crippen LogP contribution in [-0.2, 0) is 0 Å². The van der Waals surface area contributed by atoms with Crippen LogP contribution in [0.3, 0.4) is 0 Å². The summed E-state index contributed by atoms with van der Waals surface area (Å²) >= 11 is 4.00. The zero-order valence-electron chi connectivity index (χ0n) is 6.20. The molecule has 0 atom stereocenters. The molecule has 0 aliphatic heterocycles. The van der Waals surface area contributed by atoms with Gasteiger partial charge in [0.15, 0.2) is 0 Å². The lowest BCUT2D eigenvalue weighted by molar-refractivity contribution is 1.62. The van der Waals surface area contributed by atoms with Crippen molar-refractivity contribution in [3.8, 4) is 0 Å². The van der Waals surface area contributed by atoms with E-state index in [1.54, 1.807) is 5.41 Å². The molecule has 1 aromatic carbocycles. The van der Waals surface area contributed by atoms with Crippen molar-refractivity contribution < 1.29 is 0 Å². The molecule has 0 spiro atoms. The Morgan fingerprint density at radius 3 is 2.36 bits per heavy atom. The first-order valence-electron chi connectivity index (χ1n) is 3.40. The standard InChI is InChI=1S/C10H10S/c1-2-9-5-3-4-6-10(9)7-8-11/h2-8,11H,1H2/b8-7-. The Bertz CT molecular complexity index is 274. The summed E-state index contributed by atoms with van der Waals surface area (Å²) in [7, 11) is 0. The van der Waals surface area contributed by atoms with Gasteiger partial charge in [-0.15, -0.1) is 0 Å². The number of benzene rings is 1. The molecule has 0 aliphatic rings. The molecule has 0 nitrogen and oxygen atoms in total. The highest BCUT2D eigenvalue weighted by Gasteiger charge is 1.90. The fourth-order valence-electron chi connectivity index (χ4n) is 0.929. The second kappa shape index (κ2) is 4.04. The third-order valence-corrected chi connectivity index (χ3v) is 1.62. The predicted octanol–water partition coefficient (Wildman–Crippen LogP) is 3.23. The molecule has 0 aliphatic carbocycles. The van der Waals surface area contributed by atoms with Crippen LogP contribution >= 0.6 is 12.6 Å². The van der Waals surface area contributed by atoms with E-state index in [1.165, 1.54) is 0 Å². The number of rotatable bonds is 2. The topological polar surface area (TPSA) is 0 Å². The SMILES string of the molecule is C=Cc1ccccc1/C=C\S. The molecular formula is C10H10S. The maximum Gasteiger partial charge on any atom is -0.0179 e. The van der Waals surface area contributed by atoms with Crippen LogP contribution in [0, 0.1) is 0 Å². The first-order valence-corrected chi connectivity index (χ1v) is 3.92. The monoisotopic (exact) mass is 162 g/mol. The summed E-state index contributed by atoms with van der Waals surface area (Å²) in [5.74, 6) is 0. The largest absolute Gasteiger partial charge is 0.151 e. The first-order chi connectivity index (χ1) is 5.38. The molecule has 0 saturated carbocycles. The van der Waals surface area contributed by atoms with Crippen LogP contribution in [-0.4, -0.2) is 0 Å². The zero-order chi connectivity index (χ0) is 8.10. The van der Waals surface area contributed by atoms with Gasteiger partial charge in [-0.3, -0.25) is 0 Å². The maximum atomic E-state index is 4.00. The minimum Gasteiger partial charge on any atom is -0.151 e. The van der Waals surface area contributed by atoms with Gasteiger partial charge in [-0.05, 0) is 22.6 Å².